The molecule has 2 aliphatic heterocycles. The number of anilines is 1. The van der Waals surface area contributed by atoms with E-state index < -0.39 is 25.9 Å². The Kier molecular flexibility index (Phi) is 7.92. The van der Waals surface area contributed by atoms with Crippen molar-refractivity contribution in [3.63, 3.8) is 0 Å². The average molecular weight is 643 g/mol. The highest BCUT2D eigenvalue weighted by atomic mass is 28.3. The highest BCUT2D eigenvalue weighted by Gasteiger charge is 2.49. The fraction of sp³-hybridized carbons (Fsp3) is 0.484. The summed E-state index contributed by atoms with van der Waals surface area (Å²) in [5, 5.41) is 17.4. The van der Waals surface area contributed by atoms with Crippen LogP contribution in [0.25, 0.3) is 33.3 Å². The standard InChI is InChI=1S/C31H37F3N6O4Si/c1-17-27(18(2)44-38-17)19-6-8-21-22(15-39(26(21)12-19)16-43-10-11-45(3,4)5)28-23(31(32,33)34)14-35-29(37-28)36-24-13-20-7-9-25(24)40(20)30(41)42/h6,8,12,14-15,20,24-25H,7,9-11,13,16H2,1-5H3,(H,41,42)(H,35,36,37). The molecular formula is C31H37F3N6O4Si. The summed E-state index contributed by atoms with van der Waals surface area (Å²) in [6, 6.07) is 5.81. The van der Waals surface area contributed by atoms with Crippen LogP contribution in [0.3, 0.4) is 0 Å². The lowest BCUT2D eigenvalue weighted by Crippen LogP contribution is -2.39. The third-order valence-corrected chi connectivity index (χ3v) is 10.6. The van der Waals surface area contributed by atoms with Gasteiger partial charge in [0, 0.05) is 49.6 Å². The Balaban J connectivity index is 1.42. The number of aryl methyl sites for hydroxylation is 2. The van der Waals surface area contributed by atoms with Gasteiger partial charge in [-0.3, -0.25) is 0 Å². The summed E-state index contributed by atoms with van der Waals surface area (Å²) in [4.78, 5) is 21.7. The summed E-state index contributed by atoms with van der Waals surface area (Å²) in [6.07, 6.45) is -1.24. The van der Waals surface area contributed by atoms with E-state index in [-0.39, 0.29) is 36.5 Å². The number of nitrogens with zero attached hydrogens (tertiary/aromatic N) is 5. The summed E-state index contributed by atoms with van der Waals surface area (Å²) in [5.74, 6) is 0.671. The molecule has 6 rings (SSSR count). The second-order valence-electron chi connectivity index (χ2n) is 13.2. The van der Waals surface area contributed by atoms with Crippen LogP contribution in [0.5, 0.6) is 0 Å². The van der Waals surface area contributed by atoms with Gasteiger partial charge in [-0.2, -0.15) is 13.2 Å². The average Bonchev–Trinajstić information content (AvgIpc) is 3.71. The summed E-state index contributed by atoms with van der Waals surface area (Å²) < 4.78 is 56.5. The van der Waals surface area contributed by atoms with E-state index in [9.17, 15) is 23.1 Å². The number of hydrogen-bond acceptors (Lipinski definition) is 7. The molecule has 10 nitrogen and oxygen atoms in total. The Bertz CT molecular complexity index is 1730. The molecule has 240 valence electrons. The monoisotopic (exact) mass is 642 g/mol. The van der Waals surface area contributed by atoms with Gasteiger partial charge in [0.25, 0.3) is 0 Å². The van der Waals surface area contributed by atoms with Gasteiger partial charge in [-0.15, -0.1) is 0 Å². The van der Waals surface area contributed by atoms with E-state index in [0.29, 0.717) is 47.4 Å². The molecule has 5 heterocycles. The molecule has 2 bridgehead atoms. The minimum atomic E-state index is -4.71. The van der Waals surface area contributed by atoms with Crippen LogP contribution in [0.1, 0.15) is 36.3 Å². The number of fused-ring (bicyclic) bond motifs is 3. The quantitative estimate of drug-likeness (QED) is 0.143. The predicted octanol–water partition coefficient (Wildman–Crippen LogP) is 7.40. The van der Waals surface area contributed by atoms with Crippen molar-refractivity contribution in [2.45, 2.75) is 89.8 Å². The van der Waals surface area contributed by atoms with Gasteiger partial charge in [-0.25, -0.2) is 14.8 Å². The number of halogens is 3. The molecule has 4 aromatic rings. The van der Waals surface area contributed by atoms with E-state index in [1.54, 1.807) is 12.3 Å². The fourth-order valence-corrected chi connectivity index (χ4v) is 7.41. The molecule has 0 radical (unpaired) electrons. The maximum atomic E-state index is 14.4. The molecule has 3 unspecified atom stereocenters. The van der Waals surface area contributed by atoms with Gasteiger partial charge in [0.15, 0.2) is 0 Å². The Morgan fingerprint density at radius 3 is 2.64 bits per heavy atom. The second-order valence-corrected chi connectivity index (χ2v) is 18.8. The van der Waals surface area contributed by atoms with Gasteiger partial charge in [-0.1, -0.05) is 36.9 Å². The van der Waals surface area contributed by atoms with E-state index in [2.05, 4.69) is 40.1 Å². The van der Waals surface area contributed by atoms with Gasteiger partial charge in [-0.05, 0) is 50.8 Å². The molecule has 0 saturated carbocycles. The molecule has 2 aliphatic rings. The number of hydrogen-bond donors (Lipinski definition) is 2. The van der Waals surface area contributed by atoms with Gasteiger partial charge in [0.1, 0.15) is 18.1 Å². The third-order valence-electron chi connectivity index (χ3n) is 8.85. The van der Waals surface area contributed by atoms with Crippen molar-refractivity contribution in [3.8, 4) is 22.4 Å². The number of benzene rings is 1. The van der Waals surface area contributed by atoms with Crippen LogP contribution in [0.15, 0.2) is 35.1 Å². The topological polar surface area (TPSA) is 119 Å². The Morgan fingerprint density at radius 1 is 1.22 bits per heavy atom. The Hall–Kier alpha value is -3.91. The lowest BCUT2D eigenvalue weighted by molar-refractivity contribution is -0.137. The van der Waals surface area contributed by atoms with Gasteiger partial charge < -0.3 is 29.2 Å². The highest BCUT2D eigenvalue weighted by Crippen LogP contribution is 2.42. The molecule has 3 aromatic heterocycles. The van der Waals surface area contributed by atoms with E-state index in [4.69, 9.17) is 9.26 Å². The number of aromatic nitrogens is 4. The molecule has 2 saturated heterocycles. The number of amides is 1. The summed E-state index contributed by atoms with van der Waals surface area (Å²) >= 11 is 0. The zero-order chi connectivity index (χ0) is 32.3. The zero-order valence-corrected chi connectivity index (χ0v) is 26.9. The first-order valence-corrected chi connectivity index (χ1v) is 18.8. The van der Waals surface area contributed by atoms with Crippen LogP contribution in [-0.4, -0.2) is 68.6 Å². The molecule has 1 amide bonds. The number of rotatable bonds is 9. The first kappa shape index (κ1) is 31.1. The normalized spacial score (nSPS) is 20.0. The number of carboxylic acid groups (broad SMARTS) is 1. The molecule has 2 N–H and O–H groups in total. The first-order valence-electron chi connectivity index (χ1n) is 15.1. The molecule has 0 aliphatic carbocycles. The zero-order valence-electron chi connectivity index (χ0n) is 25.9. The van der Waals surface area contributed by atoms with Gasteiger partial charge >= 0.3 is 12.3 Å². The van der Waals surface area contributed by atoms with Crippen LogP contribution < -0.4 is 5.32 Å². The van der Waals surface area contributed by atoms with Gasteiger partial charge in [0.05, 0.1) is 29.0 Å². The minimum Gasteiger partial charge on any atom is -0.465 e. The van der Waals surface area contributed by atoms with Crippen molar-refractivity contribution in [2.75, 3.05) is 11.9 Å². The maximum Gasteiger partial charge on any atom is 0.419 e. The van der Waals surface area contributed by atoms with Crippen molar-refractivity contribution >= 4 is 31.0 Å². The first-order chi connectivity index (χ1) is 21.2. The van der Waals surface area contributed by atoms with E-state index >= 15 is 0 Å². The number of ether oxygens (including phenoxy) is 1. The van der Waals surface area contributed by atoms with Crippen LogP contribution in [0.4, 0.5) is 23.9 Å². The summed E-state index contributed by atoms with van der Waals surface area (Å²) in [6.45, 7) is 11.1. The van der Waals surface area contributed by atoms with Crippen LogP contribution in [0.2, 0.25) is 25.7 Å². The summed E-state index contributed by atoms with van der Waals surface area (Å²) in [5.41, 5.74) is 2.13. The SMILES string of the molecule is Cc1noc(C)c1-c1ccc2c(-c3nc(NC4CC5CCC4N5C(=O)O)ncc3C(F)(F)F)cn(COCC[Si](C)(C)C)c2c1. The van der Waals surface area contributed by atoms with Crippen molar-refractivity contribution in [3.05, 3.63) is 47.6 Å². The maximum absolute atomic E-state index is 14.4. The number of alkyl halides is 3. The van der Waals surface area contributed by atoms with E-state index in [0.717, 1.165) is 29.8 Å². The lowest BCUT2D eigenvalue weighted by atomic mass is 9.96. The van der Waals surface area contributed by atoms with Crippen molar-refractivity contribution < 1.29 is 32.3 Å². The van der Waals surface area contributed by atoms with Crippen LogP contribution in [-0.2, 0) is 17.6 Å². The highest BCUT2D eigenvalue weighted by molar-refractivity contribution is 6.76. The number of carbonyl (C=O) groups is 1. The Morgan fingerprint density at radius 2 is 2.00 bits per heavy atom. The molecule has 3 atom stereocenters. The lowest BCUT2D eigenvalue weighted by Gasteiger charge is -2.23. The second kappa shape index (κ2) is 11.5. The molecule has 45 heavy (non-hydrogen) atoms. The smallest absolute Gasteiger partial charge is 0.419 e. The Labute approximate surface area is 259 Å². The van der Waals surface area contributed by atoms with Gasteiger partial charge in [0.2, 0.25) is 5.95 Å². The molecule has 2 fully saturated rings. The molecule has 0 spiro atoms. The third kappa shape index (κ3) is 6.04. The number of nitrogens with one attached hydrogen (secondary N) is 1. The largest absolute Gasteiger partial charge is 0.465 e. The van der Waals surface area contributed by atoms with Crippen molar-refractivity contribution in [2.24, 2.45) is 0 Å². The summed E-state index contributed by atoms with van der Waals surface area (Å²) in [7, 11) is -1.36. The van der Waals surface area contributed by atoms with Crippen LogP contribution in [0, 0.1) is 13.8 Å². The van der Waals surface area contributed by atoms with Crippen molar-refractivity contribution in [1.82, 2.24) is 24.6 Å². The van der Waals surface area contributed by atoms with E-state index in [1.165, 1.54) is 4.90 Å². The minimum absolute atomic E-state index is 0.0283. The van der Waals surface area contributed by atoms with E-state index in [1.807, 2.05) is 30.5 Å². The molecule has 1 aromatic carbocycles. The predicted molar refractivity (Wildman–Crippen MR) is 166 cm³/mol. The van der Waals surface area contributed by atoms with Crippen molar-refractivity contribution in [1.29, 1.82) is 0 Å². The fourth-order valence-electron chi connectivity index (χ4n) is 6.65. The molecular weight excluding hydrogens is 605 g/mol. The molecule has 14 heteroatoms. The van der Waals surface area contributed by atoms with Crippen LogP contribution >= 0.6 is 0 Å².